The Morgan fingerprint density at radius 2 is 2.25 bits per heavy atom. The molecule has 1 aromatic carbocycles. The Morgan fingerprint density at radius 3 is 2.81 bits per heavy atom. The van der Waals surface area contributed by atoms with Crippen molar-refractivity contribution in [3.05, 3.63) is 40.4 Å². The van der Waals surface area contributed by atoms with E-state index in [2.05, 4.69) is 0 Å². The minimum atomic E-state index is -0.532. The minimum absolute atomic E-state index is 0.437. The monoisotopic (exact) mass is 240 g/mol. The minimum Gasteiger partial charge on any atom is -0.489 e. The smallest absolute Gasteiger partial charge is 0.125 e. The van der Waals surface area contributed by atoms with Crippen LogP contribution in [0.2, 0.25) is 0 Å². The third-order valence-corrected chi connectivity index (χ3v) is 2.63. The molecule has 0 aliphatic heterocycles. The predicted octanol–water partition coefficient (Wildman–Crippen LogP) is 3.57. The van der Waals surface area contributed by atoms with E-state index in [4.69, 9.17) is 16.3 Å². The van der Waals surface area contributed by atoms with Crippen LogP contribution in [0.15, 0.2) is 29.3 Å². The van der Waals surface area contributed by atoms with E-state index in [9.17, 15) is 5.11 Å². The molecule has 0 radical (unpaired) electrons. The maximum absolute atomic E-state index is 9.63. The van der Waals surface area contributed by atoms with Gasteiger partial charge in [0.05, 0.1) is 6.10 Å². The van der Waals surface area contributed by atoms with Crippen molar-refractivity contribution in [2.75, 3.05) is 6.61 Å². The summed E-state index contributed by atoms with van der Waals surface area (Å²) in [5.41, 5.74) is 4.35. The third kappa shape index (κ3) is 3.54. The van der Waals surface area contributed by atoms with Gasteiger partial charge in [-0.05, 0) is 38.5 Å². The van der Waals surface area contributed by atoms with Gasteiger partial charge in [0.2, 0.25) is 0 Å². The third-order valence-electron chi connectivity index (χ3n) is 2.26. The largest absolute Gasteiger partial charge is 0.489 e. The Labute approximate surface area is 102 Å². The first-order valence-corrected chi connectivity index (χ1v) is 5.65. The van der Waals surface area contributed by atoms with Gasteiger partial charge in [-0.2, -0.15) is 0 Å². The first-order valence-electron chi connectivity index (χ1n) is 5.22. The second-order valence-electron chi connectivity index (χ2n) is 3.96. The average Bonchev–Trinajstić information content (AvgIpc) is 2.26. The van der Waals surface area contributed by atoms with Crippen LogP contribution in [0.1, 0.15) is 31.1 Å². The molecule has 0 aliphatic carbocycles. The zero-order chi connectivity index (χ0) is 12.1. The first kappa shape index (κ1) is 13.1. The number of ether oxygens (including phenoxy) is 1. The van der Waals surface area contributed by atoms with E-state index in [-0.39, 0.29) is 0 Å². The molecule has 0 heterocycles. The van der Waals surface area contributed by atoms with E-state index in [1.807, 2.05) is 32.0 Å². The fourth-order valence-corrected chi connectivity index (χ4v) is 1.41. The topological polar surface area (TPSA) is 29.5 Å². The zero-order valence-corrected chi connectivity index (χ0v) is 10.6. The van der Waals surface area contributed by atoms with Crippen LogP contribution in [0, 0.1) is 6.92 Å². The SMILES string of the molecule is C/C(=C\Cl)COc1ccc(C)cc1[C@H](C)O. The van der Waals surface area contributed by atoms with Crippen molar-refractivity contribution in [1.82, 2.24) is 0 Å². The van der Waals surface area contributed by atoms with Gasteiger partial charge in [-0.15, -0.1) is 0 Å². The molecular weight excluding hydrogens is 224 g/mol. The summed E-state index contributed by atoms with van der Waals surface area (Å²) in [5.74, 6) is 0.707. The summed E-state index contributed by atoms with van der Waals surface area (Å²) in [5, 5.41) is 9.63. The summed E-state index contributed by atoms with van der Waals surface area (Å²) in [6.07, 6.45) is -0.532. The maximum Gasteiger partial charge on any atom is 0.125 e. The van der Waals surface area contributed by atoms with Crippen LogP contribution < -0.4 is 4.74 Å². The maximum atomic E-state index is 9.63. The first-order chi connectivity index (χ1) is 7.54. The van der Waals surface area contributed by atoms with E-state index in [0.29, 0.717) is 12.4 Å². The van der Waals surface area contributed by atoms with E-state index in [1.54, 1.807) is 6.92 Å². The number of aliphatic hydroxyl groups is 1. The van der Waals surface area contributed by atoms with Crippen molar-refractivity contribution in [1.29, 1.82) is 0 Å². The lowest BCUT2D eigenvalue weighted by atomic mass is 10.1. The normalized spacial score (nSPS) is 13.7. The zero-order valence-electron chi connectivity index (χ0n) is 9.83. The fraction of sp³-hybridized carbons (Fsp3) is 0.385. The molecule has 1 N–H and O–H groups in total. The summed E-state index contributed by atoms with van der Waals surface area (Å²) in [4.78, 5) is 0. The van der Waals surface area contributed by atoms with Crippen LogP contribution in [-0.2, 0) is 0 Å². The quantitative estimate of drug-likeness (QED) is 0.872. The average molecular weight is 241 g/mol. The van der Waals surface area contributed by atoms with Gasteiger partial charge in [0, 0.05) is 11.1 Å². The molecule has 0 amide bonds. The summed E-state index contributed by atoms with van der Waals surface area (Å²) in [6.45, 7) is 6.04. The standard InChI is InChI=1S/C13H17ClO2/c1-9-4-5-13(12(6-9)11(3)15)16-8-10(2)7-14/h4-7,11,15H,8H2,1-3H3/b10-7+/t11-/m0/s1. The summed E-state index contributed by atoms with van der Waals surface area (Å²) in [6, 6.07) is 5.76. The van der Waals surface area contributed by atoms with Gasteiger partial charge >= 0.3 is 0 Å². The van der Waals surface area contributed by atoms with E-state index < -0.39 is 6.10 Å². The van der Waals surface area contributed by atoms with Gasteiger partial charge in [-0.25, -0.2) is 0 Å². The molecule has 0 aliphatic rings. The number of hydrogen-bond acceptors (Lipinski definition) is 2. The van der Waals surface area contributed by atoms with Crippen molar-refractivity contribution in [3.63, 3.8) is 0 Å². The van der Waals surface area contributed by atoms with Gasteiger partial charge in [-0.3, -0.25) is 0 Å². The highest BCUT2D eigenvalue weighted by Crippen LogP contribution is 2.26. The Kier molecular flexibility index (Phi) is 4.84. The molecule has 0 unspecified atom stereocenters. The Bertz CT molecular complexity index is 384. The van der Waals surface area contributed by atoms with Crippen LogP contribution in [0.3, 0.4) is 0 Å². The molecule has 0 bridgehead atoms. The number of halogens is 1. The summed E-state index contributed by atoms with van der Waals surface area (Å²) >= 11 is 5.55. The lowest BCUT2D eigenvalue weighted by Crippen LogP contribution is -2.03. The molecule has 0 saturated heterocycles. The molecule has 2 nitrogen and oxygen atoms in total. The summed E-state index contributed by atoms with van der Waals surface area (Å²) in [7, 11) is 0. The number of aliphatic hydroxyl groups excluding tert-OH is 1. The second kappa shape index (κ2) is 5.92. The van der Waals surface area contributed by atoms with Gasteiger partial charge in [0.1, 0.15) is 12.4 Å². The molecule has 3 heteroatoms. The summed E-state index contributed by atoms with van der Waals surface area (Å²) < 4.78 is 5.59. The van der Waals surface area contributed by atoms with Gasteiger partial charge in [-0.1, -0.05) is 23.2 Å². The molecule has 0 fully saturated rings. The number of hydrogen-bond donors (Lipinski definition) is 1. The number of aryl methyl sites for hydroxylation is 1. The molecule has 88 valence electrons. The molecule has 1 aromatic rings. The van der Waals surface area contributed by atoms with Crippen LogP contribution >= 0.6 is 11.6 Å². The van der Waals surface area contributed by atoms with E-state index >= 15 is 0 Å². The molecule has 0 spiro atoms. The molecule has 0 aromatic heterocycles. The van der Waals surface area contributed by atoms with Crippen molar-refractivity contribution in [2.24, 2.45) is 0 Å². The van der Waals surface area contributed by atoms with Crippen molar-refractivity contribution in [3.8, 4) is 5.75 Å². The Morgan fingerprint density at radius 1 is 1.56 bits per heavy atom. The van der Waals surface area contributed by atoms with Crippen LogP contribution in [0.25, 0.3) is 0 Å². The molecule has 1 atom stereocenters. The highest BCUT2D eigenvalue weighted by atomic mass is 35.5. The highest BCUT2D eigenvalue weighted by molar-refractivity contribution is 6.25. The van der Waals surface area contributed by atoms with Crippen LogP contribution in [0.5, 0.6) is 5.75 Å². The predicted molar refractivity (Wildman–Crippen MR) is 66.9 cm³/mol. The highest BCUT2D eigenvalue weighted by Gasteiger charge is 2.09. The Balaban J connectivity index is 2.87. The second-order valence-corrected chi connectivity index (χ2v) is 4.18. The lowest BCUT2D eigenvalue weighted by Gasteiger charge is -2.14. The van der Waals surface area contributed by atoms with E-state index in [1.165, 1.54) is 5.54 Å². The number of rotatable bonds is 4. The fourth-order valence-electron chi connectivity index (χ4n) is 1.35. The van der Waals surface area contributed by atoms with Crippen molar-refractivity contribution >= 4 is 11.6 Å². The molecule has 1 rings (SSSR count). The van der Waals surface area contributed by atoms with Crippen molar-refractivity contribution in [2.45, 2.75) is 26.9 Å². The molecule has 0 saturated carbocycles. The Hall–Kier alpha value is -0.990. The van der Waals surface area contributed by atoms with Gasteiger partial charge < -0.3 is 9.84 Å². The number of benzene rings is 1. The van der Waals surface area contributed by atoms with Gasteiger partial charge in [0.25, 0.3) is 0 Å². The van der Waals surface area contributed by atoms with Crippen LogP contribution in [0.4, 0.5) is 0 Å². The lowest BCUT2D eigenvalue weighted by molar-refractivity contribution is 0.192. The molecular formula is C13H17ClO2. The van der Waals surface area contributed by atoms with Gasteiger partial charge in [0.15, 0.2) is 0 Å². The van der Waals surface area contributed by atoms with Crippen molar-refractivity contribution < 1.29 is 9.84 Å². The van der Waals surface area contributed by atoms with E-state index in [0.717, 1.165) is 16.7 Å². The molecule has 16 heavy (non-hydrogen) atoms. The van der Waals surface area contributed by atoms with Crippen LogP contribution in [-0.4, -0.2) is 11.7 Å².